The molecule has 0 bridgehead atoms. The number of carbonyl (C=O) groups excluding carboxylic acids is 1. The maximum absolute atomic E-state index is 13.7. The smallest absolute Gasteiger partial charge is 0.417 e. The van der Waals surface area contributed by atoms with Crippen LogP contribution in [0.4, 0.5) is 13.2 Å². The van der Waals surface area contributed by atoms with E-state index < -0.39 is 11.7 Å². The Morgan fingerprint density at radius 1 is 0.886 bits per heavy atom. The first kappa shape index (κ1) is 33.9. The molecule has 4 aromatic rings. The average molecular weight is 779 g/mol. The van der Waals surface area contributed by atoms with Crippen LogP contribution in [0.3, 0.4) is 0 Å². The minimum absolute atomic E-state index is 0. The van der Waals surface area contributed by atoms with Gasteiger partial charge in [-0.15, -0.1) is 34.9 Å². The van der Waals surface area contributed by atoms with E-state index in [0.717, 1.165) is 42.2 Å². The molecule has 0 spiro atoms. The number of rotatable bonds is 4. The van der Waals surface area contributed by atoms with E-state index in [2.05, 4.69) is 11.1 Å². The van der Waals surface area contributed by atoms with Gasteiger partial charge in [0.25, 0.3) is 0 Å². The Hall–Kier alpha value is -3.02. The summed E-state index contributed by atoms with van der Waals surface area (Å²) in [6, 6.07) is 16.9. The van der Waals surface area contributed by atoms with Crippen molar-refractivity contribution in [2.75, 3.05) is 0 Å². The molecule has 6 rings (SSSR count). The molecular formula is C37H39F3IrNO2-. The van der Waals surface area contributed by atoms with Crippen molar-refractivity contribution in [1.29, 1.82) is 0 Å². The van der Waals surface area contributed by atoms with Crippen LogP contribution in [0.2, 0.25) is 0 Å². The zero-order valence-corrected chi connectivity index (χ0v) is 27.7. The zero-order valence-electron chi connectivity index (χ0n) is 25.3. The van der Waals surface area contributed by atoms with Gasteiger partial charge in [0.05, 0.1) is 11.3 Å². The summed E-state index contributed by atoms with van der Waals surface area (Å²) in [5.41, 5.74) is 2.54. The second-order valence-electron chi connectivity index (χ2n) is 12.1. The molecule has 3 nitrogen and oxygen atoms in total. The summed E-state index contributed by atoms with van der Waals surface area (Å²) < 4.78 is 41.0. The summed E-state index contributed by atoms with van der Waals surface area (Å²) >= 11 is 0. The van der Waals surface area contributed by atoms with Gasteiger partial charge < -0.3 is 10.1 Å². The van der Waals surface area contributed by atoms with Gasteiger partial charge in [-0.1, -0.05) is 76.6 Å². The number of pyridine rings is 1. The molecule has 2 saturated carbocycles. The number of alkyl halides is 3. The predicted molar refractivity (Wildman–Crippen MR) is 167 cm³/mol. The largest absolute Gasteiger partial charge is 0.512 e. The number of hydrogen-bond donors (Lipinski definition) is 1. The number of halogens is 3. The van der Waals surface area contributed by atoms with Gasteiger partial charge in [-0.25, -0.2) is 0 Å². The van der Waals surface area contributed by atoms with Crippen LogP contribution in [0.5, 0.6) is 0 Å². The Balaban J connectivity index is 0.000000214. The topological polar surface area (TPSA) is 50.2 Å². The summed E-state index contributed by atoms with van der Waals surface area (Å²) in [5.74, 6) is 0.985. The molecule has 0 saturated heterocycles. The SMILES string of the molecule is Cc1[c-]c(-c2nccc3c(C(F)(F)F)cc4ccccc4c23)cc(C)c1.O=C(/C=C(\O)C1CCCCC1)C1CCCCC1.[Ir]. The van der Waals surface area contributed by atoms with E-state index in [-0.39, 0.29) is 43.1 Å². The van der Waals surface area contributed by atoms with E-state index in [1.807, 2.05) is 38.1 Å². The molecule has 0 atom stereocenters. The van der Waals surface area contributed by atoms with E-state index in [1.54, 1.807) is 18.2 Å². The van der Waals surface area contributed by atoms with Gasteiger partial charge in [-0.2, -0.15) is 13.2 Å². The third kappa shape index (κ3) is 7.97. The summed E-state index contributed by atoms with van der Waals surface area (Å²) in [7, 11) is 0. The van der Waals surface area contributed by atoms with E-state index in [1.165, 1.54) is 56.9 Å². The van der Waals surface area contributed by atoms with Crippen molar-refractivity contribution >= 4 is 27.3 Å². The molecule has 235 valence electrons. The van der Waals surface area contributed by atoms with Crippen molar-refractivity contribution in [3.63, 3.8) is 0 Å². The molecule has 0 unspecified atom stereocenters. The Morgan fingerprint density at radius 3 is 2.16 bits per heavy atom. The number of allylic oxidation sites excluding steroid dienone is 2. The van der Waals surface area contributed by atoms with Gasteiger partial charge in [0.1, 0.15) is 0 Å². The third-order valence-electron chi connectivity index (χ3n) is 8.80. The van der Waals surface area contributed by atoms with Gasteiger partial charge >= 0.3 is 6.18 Å². The van der Waals surface area contributed by atoms with Gasteiger partial charge in [0.2, 0.25) is 0 Å². The Bertz CT molecular complexity index is 1610. The molecule has 2 aliphatic carbocycles. The molecule has 2 aliphatic rings. The first-order chi connectivity index (χ1) is 20.6. The maximum Gasteiger partial charge on any atom is 0.417 e. The molecule has 1 radical (unpaired) electrons. The molecule has 1 N–H and O–H groups in total. The normalized spacial score (nSPS) is 16.7. The van der Waals surface area contributed by atoms with Crippen molar-refractivity contribution in [2.45, 2.75) is 84.2 Å². The standard InChI is InChI=1S/C22H15F3N.C15H24O2.Ir/c1-13-9-14(2)11-16(10-13)21-20-17-6-4-3-5-15(17)12-19(22(23,24)25)18(20)7-8-26-21;16-14(12-7-3-1-4-8-12)11-15(17)13-9-5-2-6-10-13;/h3-10,12H,1-2H3;11-13,16H,1-10H2;/q-1;;/b;14-11-;. The minimum Gasteiger partial charge on any atom is -0.512 e. The second kappa shape index (κ2) is 14.8. The van der Waals surface area contributed by atoms with Crippen LogP contribution in [-0.4, -0.2) is 15.9 Å². The van der Waals surface area contributed by atoms with Crippen LogP contribution >= 0.6 is 0 Å². The Labute approximate surface area is 271 Å². The van der Waals surface area contributed by atoms with E-state index >= 15 is 0 Å². The number of fused-ring (bicyclic) bond motifs is 3. The number of aliphatic hydroxyl groups excluding tert-OH is 1. The number of benzene rings is 3. The van der Waals surface area contributed by atoms with Crippen molar-refractivity contribution < 1.29 is 43.2 Å². The fourth-order valence-electron chi connectivity index (χ4n) is 6.67. The van der Waals surface area contributed by atoms with Gasteiger partial charge in [0, 0.05) is 44.2 Å². The molecule has 1 aromatic heterocycles. The first-order valence-electron chi connectivity index (χ1n) is 15.4. The van der Waals surface area contributed by atoms with E-state index in [9.17, 15) is 23.1 Å². The minimum atomic E-state index is -4.44. The summed E-state index contributed by atoms with van der Waals surface area (Å²) in [4.78, 5) is 16.4. The fourth-order valence-corrected chi connectivity index (χ4v) is 6.67. The van der Waals surface area contributed by atoms with Crippen molar-refractivity contribution in [1.82, 2.24) is 4.98 Å². The number of hydrogen-bond acceptors (Lipinski definition) is 3. The number of aliphatic hydroxyl groups is 1. The summed E-state index contributed by atoms with van der Waals surface area (Å²) in [6.07, 6.45) is 9.99. The molecule has 0 amide bonds. The molecule has 1 heterocycles. The van der Waals surface area contributed by atoms with Crippen molar-refractivity contribution in [3.05, 3.63) is 89.3 Å². The number of nitrogens with zero attached hydrogens (tertiary/aromatic N) is 1. The number of aromatic nitrogens is 1. The van der Waals surface area contributed by atoms with Crippen molar-refractivity contribution in [2.24, 2.45) is 11.8 Å². The molecule has 7 heteroatoms. The van der Waals surface area contributed by atoms with Crippen LogP contribution in [0.15, 0.2) is 66.6 Å². The number of carbonyl (C=O) groups is 1. The fraction of sp³-hybridized carbons (Fsp3) is 0.405. The molecule has 3 aromatic carbocycles. The monoisotopic (exact) mass is 779 g/mol. The maximum atomic E-state index is 13.7. The first-order valence-corrected chi connectivity index (χ1v) is 15.4. The third-order valence-corrected chi connectivity index (χ3v) is 8.80. The van der Waals surface area contributed by atoms with Crippen LogP contribution in [-0.2, 0) is 31.1 Å². The van der Waals surface area contributed by atoms with Crippen LogP contribution < -0.4 is 0 Å². The Morgan fingerprint density at radius 2 is 1.52 bits per heavy atom. The zero-order chi connectivity index (χ0) is 30.6. The average Bonchev–Trinajstić information content (AvgIpc) is 3.00. The summed E-state index contributed by atoms with van der Waals surface area (Å²) in [6.45, 7) is 3.87. The quantitative estimate of drug-likeness (QED) is 0.0972. The number of aryl methyl sites for hydroxylation is 2. The summed E-state index contributed by atoms with van der Waals surface area (Å²) in [5, 5.41) is 12.0. The molecular weight excluding hydrogens is 740 g/mol. The molecule has 44 heavy (non-hydrogen) atoms. The van der Waals surface area contributed by atoms with Crippen LogP contribution in [0, 0.1) is 31.7 Å². The number of ketones is 1. The van der Waals surface area contributed by atoms with Gasteiger partial charge in [-0.05, 0) is 65.1 Å². The van der Waals surface area contributed by atoms with E-state index in [0.29, 0.717) is 27.8 Å². The van der Waals surface area contributed by atoms with Gasteiger partial charge in [-0.3, -0.25) is 4.79 Å². The molecule has 2 fully saturated rings. The van der Waals surface area contributed by atoms with Gasteiger partial charge in [0.15, 0.2) is 5.78 Å². The van der Waals surface area contributed by atoms with Crippen molar-refractivity contribution in [3.8, 4) is 11.3 Å². The second-order valence-corrected chi connectivity index (χ2v) is 12.1. The Kier molecular flexibility index (Phi) is 11.4. The van der Waals surface area contributed by atoms with E-state index in [4.69, 9.17) is 0 Å². The molecule has 0 aliphatic heterocycles. The predicted octanol–water partition coefficient (Wildman–Crippen LogP) is 10.6. The van der Waals surface area contributed by atoms with Crippen LogP contribution in [0.1, 0.15) is 80.9 Å². The van der Waals surface area contributed by atoms with Crippen LogP contribution in [0.25, 0.3) is 32.8 Å².